The van der Waals surface area contributed by atoms with E-state index in [2.05, 4.69) is 0 Å². The number of carbonyl (C=O) groups excluding carboxylic acids is 1. The predicted octanol–water partition coefficient (Wildman–Crippen LogP) is 2.21. The topological polar surface area (TPSA) is 93.6 Å². The lowest BCUT2D eigenvalue weighted by Gasteiger charge is -2.24. The third kappa shape index (κ3) is 3.02. The van der Waals surface area contributed by atoms with Crippen LogP contribution in [0.3, 0.4) is 0 Å². The Morgan fingerprint density at radius 1 is 1.35 bits per heavy atom. The second kappa shape index (κ2) is 5.82. The summed E-state index contributed by atoms with van der Waals surface area (Å²) in [5, 5.41) is 5.17. The van der Waals surface area contributed by atoms with Crippen molar-refractivity contribution in [2.75, 3.05) is 6.54 Å². The van der Waals surface area contributed by atoms with Crippen LogP contribution < -0.4 is 5.14 Å². The molecule has 1 amide bonds. The van der Waals surface area contributed by atoms with E-state index in [4.69, 9.17) is 9.56 Å². The van der Waals surface area contributed by atoms with Crippen molar-refractivity contribution in [2.45, 2.75) is 30.7 Å². The van der Waals surface area contributed by atoms with Crippen LogP contribution in [0.1, 0.15) is 40.6 Å². The summed E-state index contributed by atoms with van der Waals surface area (Å²) in [4.78, 5) is 14.6. The van der Waals surface area contributed by atoms with Gasteiger partial charge in [-0.25, -0.2) is 13.6 Å². The van der Waals surface area contributed by atoms with E-state index in [1.54, 1.807) is 30.2 Å². The minimum Gasteiger partial charge on any atom is -0.467 e. The Hall–Kier alpha value is -2.12. The van der Waals surface area contributed by atoms with Gasteiger partial charge in [0.2, 0.25) is 10.0 Å². The molecular formula is C16H18N2O4S. The van der Waals surface area contributed by atoms with E-state index in [0.717, 1.165) is 18.6 Å². The van der Waals surface area contributed by atoms with Crippen LogP contribution in [0.25, 0.3) is 0 Å². The highest BCUT2D eigenvalue weighted by Gasteiger charge is 2.33. The number of primary sulfonamides is 1. The summed E-state index contributed by atoms with van der Waals surface area (Å²) < 4.78 is 28.5. The molecular weight excluding hydrogens is 316 g/mol. The smallest absolute Gasteiger partial charge is 0.254 e. The lowest BCUT2D eigenvalue weighted by molar-refractivity contribution is 0.0719. The molecule has 122 valence electrons. The number of sulfonamides is 1. The third-order valence-electron chi connectivity index (χ3n) is 4.15. The molecule has 0 saturated carbocycles. The Morgan fingerprint density at radius 2 is 2.13 bits per heavy atom. The molecule has 7 heteroatoms. The van der Waals surface area contributed by atoms with Crippen LogP contribution in [0.15, 0.2) is 45.9 Å². The lowest BCUT2D eigenvalue weighted by atomic mass is 10.1. The van der Waals surface area contributed by atoms with Crippen molar-refractivity contribution in [2.24, 2.45) is 5.14 Å². The zero-order valence-corrected chi connectivity index (χ0v) is 13.5. The molecule has 0 spiro atoms. The molecule has 1 atom stereocenters. The number of amides is 1. The molecule has 2 N–H and O–H groups in total. The molecule has 1 saturated heterocycles. The number of hydrogen-bond acceptors (Lipinski definition) is 4. The molecule has 1 aromatic heterocycles. The van der Waals surface area contributed by atoms with Gasteiger partial charge in [-0.2, -0.15) is 0 Å². The highest BCUT2D eigenvalue weighted by molar-refractivity contribution is 7.89. The molecule has 3 rings (SSSR count). The molecule has 0 bridgehead atoms. The minimum absolute atomic E-state index is 0.0554. The maximum Gasteiger partial charge on any atom is 0.254 e. The van der Waals surface area contributed by atoms with E-state index in [9.17, 15) is 13.2 Å². The van der Waals surface area contributed by atoms with Gasteiger partial charge in [-0.05, 0) is 49.6 Å². The van der Waals surface area contributed by atoms with Crippen molar-refractivity contribution in [1.82, 2.24) is 4.90 Å². The highest BCUT2D eigenvalue weighted by Crippen LogP contribution is 2.34. The molecule has 6 nitrogen and oxygen atoms in total. The Balaban J connectivity index is 1.97. The monoisotopic (exact) mass is 334 g/mol. The van der Waals surface area contributed by atoms with Crippen LogP contribution in [0.2, 0.25) is 0 Å². The summed E-state index contributed by atoms with van der Waals surface area (Å²) in [7, 11) is -3.85. The van der Waals surface area contributed by atoms with Gasteiger partial charge in [0.15, 0.2) is 0 Å². The van der Waals surface area contributed by atoms with Crippen molar-refractivity contribution in [3.8, 4) is 0 Å². The Kier molecular flexibility index (Phi) is 3.99. The summed E-state index contributed by atoms with van der Waals surface area (Å²) in [5.74, 6) is 0.544. The zero-order chi connectivity index (χ0) is 16.6. The van der Waals surface area contributed by atoms with Crippen LogP contribution in [-0.2, 0) is 10.0 Å². The SMILES string of the molecule is Cc1ccc(S(N)(=O)=O)cc1C(=O)N1CCCC1c1ccco1. The van der Waals surface area contributed by atoms with Gasteiger partial charge in [0.05, 0.1) is 17.2 Å². The Morgan fingerprint density at radius 3 is 2.78 bits per heavy atom. The standard InChI is InChI=1S/C16H18N2O4S/c1-11-6-7-12(23(17,20)21)10-13(11)16(19)18-8-2-4-14(18)15-5-3-9-22-15/h3,5-7,9-10,14H,2,4,8H2,1H3,(H2,17,20,21). The van der Waals surface area contributed by atoms with Gasteiger partial charge in [-0.15, -0.1) is 0 Å². The first-order valence-corrected chi connectivity index (χ1v) is 8.90. The number of nitrogens with two attached hydrogens (primary N) is 1. The van der Waals surface area contributed by atoms with Crippen LogP contribution in [0.4, 0.5) is 0 Å². The van der Waals surface area contributed by atoms with E-state index in [-0.39, 0.29) is 16.8 Å². The maximum absolute atomic E-state index is 12.9. The molecule has 1 fully saturated rings. The Labute approximate surface area is 134 Å². The van der Waals surface area contributed by atoms with Gasteiger partial charge in [-0.1, -0.05) is 6.07 Å². The van der Waals surface area contributed by atoms with E-state index < -0.39 is 10.0 Å². The molecule has 1 aromatic carbocycles. The van der Waals surface area contributed by atoms with Crippen molar-refractivity contribution >= 4 is 15.9 Å². The number of aryl methyl sites for hydroxylation is 1. The molecule has 2 heterocycles. The zero-order valence-electron chi connectivity index (χ0n) is 12.7. The number of likely N-dealkylation sites (tertiary alicyclic amines) is 1. The van der Waals surface area contributed by atoms with Crippen molar-refractivity contribution in [3.05, 3.63) is 53.5 Å². The minimum atomic E-state index is -3.85. The van der Waals surface area contributed by atoms with Crippen LogP contribution in [0, 0.1) is 6.92 Å². The number of carbonyl (C=O) groups is 1. The summed E-state index contributed by atoms with van der Waals surface area (Å²) in [6.45, 7) is 2.39. The second-order valence-electron chi connectivity index (χ2n) is 5.69. The molecule has 23 heavy (non-hydrogen) atoms. The van der Waals surface area contributed by atoms with Crippen molar-refractivity contribution < 1.29 is 17.6 Å². The molecule has 0 radical (unpaired) electrons. The molecule has 0 aliphatic carbocycles. The van der Waals surface area contributed by atoms with Gasteiger partial charge in [0.25, 0.3) is 5.91 Å². The number of nitrogens with zero attached hydrogens (tertiary/aromatic N) is 1. The lowest BCUT2D eigenvalue weighted by Crippen LogP contribution is -2.31. The van der Waals surface area contributed by atoms with E-state index in [1.165, 1.54) is 12.1 Å². The van der Waals surface area contributed by atoms with Crippen molar-refractivity contribution in [3.63, 3.8) is 0 Å². The normalized spacial score (nSPS) is 18.3. The number of hydrogen-bond donors (Lipinski definition) is 1. The third-order valence-corrected chi connectivity index (χ3v) is 5.06. The first-order chi connectivity index (χ1) is 10.9. The van der Waals surface area contributed by atoms with E-state index >= 15 is 0 Å². The second-order valence-corrected chi connectivity index (χ2v) is 7.26. The first-order valence-electron chi connectivity index (χ1n) is 7.36. The maximum atomic E-state index is 12.9. The van der Waals surface area contributed by atoms with Crippen LogP contribution in [0.5, 0.6) is 0 Å². The molecule has 1 aliphatic rings. The fourth-order valence-corrected chi connectivity index (χ4v) is 3.49. The fraction of sp³-hybridized carbons (Fsp3) is 0.312. The predicted molar refractivity (Wildman–Crippen MR) is 84.3 cm³/mol. The number of furan rings is 1. The molecule has 1 aliphatic heterocycles. The first kappa shape index (κ1) is 15.8. The van der Waals surface area contributed by atoms with Gasteiger partial charge >= 0.3 is 0 Å². The molecule has 1 unspecified atom stereocenters. The van der Waals surface area contributed by atoms with Gasteiger partial charge in [0.1, 0.15) is 5.76 Å². The summed E-state index contributed by atoms with van der Waals surface area (Å²) in [5.41, 5.74) is 1.07. The highest BCUT2D eigenvalue weighted by atomic mass is 32.2. The summed E-state index contributed by atoms with van der Waals surface area (Å²) >= 11 is 0. The van der Waals surface area contributed by atoms with Gasteiger partial charge < -0.3 is 9.32 Å². The molecule has 2 aromatic rings. The largest absolute Gasteiger partial charge is 0.467 e. The average molecular weight is 334 g/mol. The van der Waals surface area contributed by atoms with Crippen LogP contribution in [-0.4, -0.2) is 25.8 Å². The quantitative estimate of drug-likeness (QED) is 0.931. The van der Waals surface area contributed by atoms with Gasteiger partial charge in [0, 0.05) is 12.1 Å². The Bertz CT molecular complexity index is 828. The van der Waals surface area contributed by atoms with E-state index in [0.29, 0.717) is 17.7 Å². The number of rotatable bonds is 3. The number of benzene rings is 1. The van der Waals surface area contributed by atoms with Crippen molar-refractivity contribution in [1.29, 1.82) is 0 Å². The van der Waals surface area contributed by atoms with Crippen LogP contribution >= 0.6 is 0 Å². The van der Waals surface area contributed by atoms with E-state index in [1.807, 2.05) is 6.07 Å². The van der Waals surface area contributed by atoms with Gasteiger partial charge in [-0.3, -0.25) is 4.79 Å². The average Bonchev–Trinajstić information content (AvgIpc) is 3.16. The summed E-state index contributed by atoms with van der Waals surface area (Å²) in [6.07, 6.45) is 3.29. The summed E-state index contributed by atoms with van der Waals surface area (Å²) in [6, 6.07) is 7.90. The fourth-order valence-electron chi connectivity index (χ4n) is 2.95.